The summed E-state index contributed by atoms with van der Waals surface area (Å²) >= 11 is 0. The molecule has 2 aliphatic heterocycles. The van der Waals surface area contributed by atoms with Gasteiger partial charge in [0.15, 0.2) is 0 Å². The third-order valence-electron chi connectivity index (χ3n) is 4.16. The Morgan fingerprint density at radius 3 is 2.64 bits per heavy atom. The van der Waals surface area contributed by atoms with Gasteiger partial charge < -0.3 is 24.4 Å². The van der Waals surface area contributed by atoms with Crippen LogP contribution in [-0.2, 0) is 41.6 Å². The molecule has 1 N–H and O–H groups in total. The third-order valence-corrected chi connectivity index (χ3v) is 4.16. The van der Waals surface area contributed by atoms with Crippen molar-refractivity contribution >= 4 is 23.5 Å². The van der Waals surface area contributed by atoms with Crippen molar-refractivity contribution in [1.29, 1.82) is 0 Å². The van der Waals surface area contributed by atoms with E-state index in [0.717, 1.165) is 11.1 Å². The Kier molecular flexibility index (Phi) is 4.71. The zero-order chi connectivity index (χ0) is 18.0. The number of ether oxygens (including phenoxy) is 3. The number of hydrogen-bond donors (Lipinski definition) is 1. The molecule has 1 amide bonds. The van der Waals surface area contributed by atoms with Crippen molar-refractivity contribution < 1.29 is 28.6 Å². The number of benzene rings is 1. The first kappa shape index (κ1) is 17.0. The van der Waals surface area contributed by atoms with Gasteiger partial charge >= 0.3 is 11.9 Å². The topological polar surface area (TPSA) is 94.2 Å². The number of carbonyl (C=O) groups excluding carboxylic acids is 3. The first-order chi connectivity index (χ1) is 12.0. The van der Waals surface area contributed by atoms with E-state index in [4.69, 9.17) is 14.2 Å². The van der Waals surface area contributed by atoms with Crippen molar-refractivity contribution in [1.82, 2.24) is 5.32 Å². The maximum Gasteiger partial charge on any atom is 0.355 e. The number of amides is 1. The molecule has 1 aromatic rings. The van der Waals surface area contributed by atoms with Crippen LogP contribution in [0.2, 0.25) is 0 Å². The largest absolute Gasteiger partial charge is 0.466 e. The molecule has 1 aromatic carbocycles. The number of anilines is 1. The van der Waals surface area contributed by atoms with E-state index < -0.39 is 11.9 Å². The second-order valence-corrected chi connectivity index (χ2v) is 5.62. The van der Waals surface area contributed by atoms with Gasteiger partial charge in [0.05, 0.1) is 32.8 Å². The number of esters is 2. The minimum absolute atomic E-state index is 0.0407. The molecule has 132 valence electrons. The number of fused-ring (bicyclic) bond motifs is 1. The molecular weight excluding hydrogens is 328 g/mol. The molecule has 25 heavy (non-hydrogen) atoms. The van der Waals surface area contributed by atoms with Crippen molar-refractivity contribution in [3.63, 3.8) is 0 Å². The lowest BCUT2D eigenvalue weighted by Crippen LogP contribution is -2.39. The zero-order valence-corrected chi connectivity index (χ0v) is 14.0. The van der Waals surface area contributed by atoms with E-state index in [1.165, 1.54) is 14.2 Å². The monoisotopic (exact) mass is 346 g/mol. The predicted octanol–water partition coefficient (Wildman–Crippen LogP) is 0.253. The molecule has 8 heteroatoms. The molecule has 0 bridgehead atoms. The summed E-state index contributed by atoms with van der Waals surface area (Å²) in [5.74, 6) is -1.36. The molecule has 2 aliphatic rings. The van der Waals surface area contributed by atoms with Gasteiger partial charge in [-0.1, -0.05) is 6.07 Å². The van der Waals surface area contributed by atoms with Crippen molar-refractivity contribution in [3.05, 3.63) is 40.6 Å². The molecule has 0 radical (unpaired) electrons. The highest BCUT2D eigenvalue weighted by Gasteiger charge is 2.32. The second kappa shape index (κ2) is 6.94. The van der Waals surface area contributed by atoms with Gasteiger partial charge in [-0.15, -0.1) is 0 Å². The van der Waals surface area contributed by atoms with Crippen LogP contribution in [0.1, 0.15) is 11.1 Å². The number of nitrogens with zero attached hydrogens (tertiary/aromatic N) is 1. The average molecular weight is 346 g/mol. The van der Waals surface area contributed by atoms with E-state index in [1.807, 2.05) is 18.2 Å². The fourth-order valence-corrected chi connectivity index (χ4v) is 2.89. The van der Waals surface area contributed by atoms with Gasteiger partial charge in [-0.2, -0.15) is 0 Å². The van der Waals surface area contributed by atoms with Crippen molar-refractivity contribution in [2.75, 3.05) is 32.5 Å². The summed E-state index contributed by atoms with van der Waals surface area (Å²) in [5.41, 5.74) is 2.69. The maximum atomic E-state index is 12.3. The molecule has 0 aromatic heterocycles. The predicted molar refractivity (Wildman–Crippen MR) is 86.3 cm³/mol. The van der Waals surface area contributed by atoms with Crippen LogP contribution in [0.25, 0.3) is 0 Å². The SMILES string of the molecule is COC(=O)C1=C(C(=O)OC)N(c2ccc3c(c2)CC(=O)NC3)COC1. The Morgan fingerprint density at radius 2 is 1.92 bits per heavy atom. The Bertz CT molecular complexity index is 770. The van der Waals surface area contributed by atoms with Gasteiger partial charge in [0, 0.05) is 12.2 Å². The number of rotatable bonds is 3. The van der Waals surface area contributed by atoms with E-state index >= 15 is 0 Å². The Morgan fingerprint density at radius 1 is 1.16 bits per heavy atom. The van der Waals surface area contributed by atoms with Crippen LogP contribution in [0.15, 0.2) is 29.5 Å². The number of nitrogens with one attached hydrogen (secondary N) is 1. The van der Waals surface area contributed by atoms with E-state index in [2.05, 4.69) is 5.32 Å². The first-order valence-corrected chi connectivity index (χ1v) is 7.68. The van der Waals surface area contributed by atoms with Crippen LogP contribution in [0.4, 0.5) is 5.69 Å². The average Bonchev–Trinajstić information content (AvgIpc) is 2.65. The van der Waals surface area contributed by atoms with Crippen LogP contribution in [-0.4, -0.2) is 45.4 Å². The number of carbonyl (C=O) groups is 3. The highest BCUT2D eigenvalue weighted by atomic mass is 16.5. The quantitative estimate of drug-likeness (QED) is 0.784. The van der Waals surface area contributed by atoms with Gasteiger partial charge in [0.2, 0.25) is 5.91 Å². The third kappa shape index (κ3) is 3.20. The highest BCUT2D eigenvalue weighted by Crippen LogP contribution is 2.29. The summed E-state index contributed by atoms with van der Waals surface area (Å²) in [6.07, 6.45) is 0.263. The molecular formula is C17H18N2O6. The Hall–Kier alpha value is -2.87. The van der Waals surface area contributed by atoms with Crippen molar-refractivity contribution in [2.45, 2.75) is 13.0 Å². The van der Waals surface area contributed by atoms with Gasteiger partial charge in [0.1, 0.15) is 12.4 Å². The molecule has 2 heterocycles. The second-order valence-electron chi connectivity index (χ2n) is 5.62. The van der Waals surface area contributed by atoms with Gasteiger partial charge in [-0.05, 0) is 23.3 Å². The van der Waals surface area contributed by atoms with Crippen LogP contribution < -0.4 is 10.2 Å². The van der Waals surface area contributed by atoms with E-state index in [9.17, 15) is 14.4 Å². The molecule has 0 spiro atoms. The minimum atomic E-state index is -0.654. The molecule has 0 unspecified atom stereocenters. The van der Waals surface area contributed by atoms with Crippen LogP contribution in [0, 0.1) is 0 Å². The lowest BCUT2D eigenvalue weighted by atomic mass is 9.99. The molecule has 3 rings (SSSR count). The summed E-state index contributed by atoms with van der Waals surface area (Å²) in [6.45, 7) is 0.509. The molecule has 0 atom stereocenters. The summed E-state index contributed by atoms with van der Waals surface area (Å²) in [5, 5.41) is 2.78. The van der Waals surface area contributed by atoms with Crippen LogP contribution in [0.3, 0.4) is 0 Å². The molecule has 8 nitrogen and oxygen atoms in total. The van der Waals surface area contributed by atoms with Gasteiger partial charge in [0.25, 0.3) is 0 Å². The molecule has 0 saturated heterocycles. The first-order valence-electron chi connectivity index (χ1n) is 7.68. The summed E-state index contributed by atoms with van der Waals surface area (Å²) in [7, 11) is 2.48. The van der Waals surface area contributed by atoms with E-state index in [-0.39, 0.29) is 36.9 Å². The van der Waals surface area contributed by atoms with Crippen molar-refractivity contribution in [2.24, 2.45) is 0 Å². The normalized spacial score (nSPS) is 16.9. The van der Waals surface area contributed by atoms with Gasteiger partial charge in [-0.3, -0.25) is 4.79 Å². The minimum Gasteiger partial charge on any atom is -0.466 e. The molecule has 0 saturated carbocycles. The zero-order valence-electron chi connectivity index (χ0n) is 14.0. The Labute approximate surface area is 144 Å². The Balaban J connectivity index is 2.05. The lowest BCUT2D eigenvalue weighted by Gasteiger charge is -2.32. The van der Waals surface area contributed by atoms with Crippen LogP contribution in [0.5, 0.6) is 0 Å². The number of methoxy groups -OCH3 is 2. The van der Waals surface area contributed by atoms with Gasteiger partial charge in [-0.25, -0.2) is 9.59 Å². The fraction of sp³-hybridized carbons (Fsp3) is 0.353. The van der Waals surface area contributed by atoms with Crippen molar-refractivity contribution in [3.8, 4) is 0 Å². The molecule has 0 fully saturated rings. The lowest BCUT2D eigenvalue weighted by molar-refractivity contribution is -0.140. The fourth-order valence-electron chi connectivity index (χ4n) is 2.89. The number of hydrogen-bond acceptors (Lipinski definition) is 7. The molecule has 0 aliphatic carbocycles. The van der Waals surface area contributed by atoms with E-state index in [0.29, 0.717) is 12.2 Å². The smallest absolute Gasteiger partial charge is 0.355 e. The highest BCUT2D eigenvalue weighted by molar-refractivity contribution is 6.03. The summed E-state index contributed by atoms with van der Waals surface area (Å²) in [4.78, 5) is 37.4. The summed E-state index contributed by atoms with van der Waals surface area (Å²) < 4.78 is 15.0. The van der Waals surface area contributed by atoms with E-state index in [1.54, 1.807) is 4.90 Å². The van der Waals surface area contributed by atoms with Crippen LogP contribution >= 0.6 is 0 Å². The maximum absolute atomic E-state index is 12.3. The standard InChI is InChI=1S/C17H18N2O6/c1-23-16(21)13-8-25-9-19(15(13)17(22)24-2)12-4-3-10-7-18-14(20)6-11(10)5-12/h3-5H,6-9H2,1-2H3,(H,18,20). The summed E-state index contributed by atoms with van der Waals surface area (Å²) in [6, 6.07) is 5.51.